The summed E-state index contributed by atoms with van der Waals surface area (Å²) in [7, 11) is 1.63. The summed E-state index contributed by atoms with van der Waals surface area (Å²) in [4.78, 5) is 4.26. The van der Waals surface area contributed by atoms with Gasteiger partial charge in [-0.05, 0) is 29.7 Å². The quantitative estimate of drug-likeness (QED) is 0.761. The number of pyridine rings is 1. The highest BCUT2D eigenvalue weighted by molar-refractivity contribution is 6.35. The van der Waals surface area contributed by atoms with Crippen molar-refractivity contribution in [3.05, 3.63) is 59.8 Å². The van der Waals surface area contributed by atoms with Gasteiger partial charge >= 0.3 is 0 Å². The summed E-state index contributed by atoms with van der Waals surface area (Å²) in [5.41, 5.74) is 0.936. The van der Waals surface area contributed by atoms with Gasteiger partial charge in [-0.2, -0.15) is 0 Å². The largest absolute Gasteiger partial charge is 0.497 e. The number of ether oxygens (including phenoxy) is 1. The SMILES string of the molecule is COc1ccnc(Nc2ccc3cccc(Cl)c3c2)c1. The van der Waals surface area contributed by atoms with E-state index in [0.29, 0.717) is 0 Å². The Kier molecular flexibility index (Phi) is 3.44. The van der Waals surface area contributed by atoms with E-state index in [0.717, 1.165) is 33.0 Å². The maximum Gasteiger partial charge on any atom is 0.133 e. The molecule has 0 radical (unpaired) electrons. The monoisotopic (exact) mass is 284 g/mol. The van der Waals surface area contributed by atoms with Crippen LogP contribution in [0.15, 0.2) is 54.7 Å². The predicted octanol–water partition coefficient (Wildman–Crippen LogP) is 4.64. The third-order valence-corrected chi connectivity index (χ3v) is 3.40. The van der Waals surface area contributed by atoms with Crippen LogP contribution in [0.3, 0.4) is 0 Å². The first-order chi connectivity index (χ1) is 9.76. The summed E-state index contributed by atoms with van der Waals surface area (Å²) in [6, 6.07) is 15.6. The topological polar surface area (TPSA) is 34.1 Å². The first-order valence-electron chi connectivity index (χ1n) is 6.21. The molecule has 4 heteroatoms. The average Bonchev–Trinajstić information content (AvgIpc) is 2.48. The summed E-state index contributed by atoms with van der Waals surface area (Å²) in [6.45, 7) is 0. The molecule has 1 N–H and O–H groups in total. The zero-order valence-corrected chi connectivity index (χ0v) is 11.7. The zero-order valence-electron chi connectivity index (χ0n) is 10.9. The van der Waals surface area contributed by atoms with Crippen LogP contribution in [0.25, 0.3) is 10.8 Å². The van der Waals surface area contributed by atoms with Gasteiger partial charge in [-0.15, -0.1) is 0 Å². The Morgan fingerprint density at radius 1 is 1.10 bits per heavy atom. The molecule has 0 atom stereocenters. The van der Waals surface area contributed by atoms with Crippen molar-refractivity contribution in [2.45, 2.75) is 0 Å². The maximum atomic E-state index is 6.22. The molecule has 0 bridgehead atoms. The lowest BCUT2D eigenvalue weighted by atomic mass is 10.1. The minimum atomic E-state index is 0.732. The van der Waals surface area contributed by atoms with Crippen LogP contribution < -0.4 is 10.1 Å². The number of benzene rings is 2. The van der Waals surface area contributed by atoms with Crippen molar-refractivity contribution in [1.82, 2.24) is 4.98 Å². The van der Waals surface area contributed by atoms with Gasteiger partial charge in [0.2, 0.25) is 0 Å². The summed E-state index contributed by atoms with van der Waals surface area (Å²) in [5.74, 6) is 1.50. The minimum Gasteiger partial charge on any atom is -0.497 e. The van der Waals surface area contributed by atoms with E-state index < -0.39 is 0 Å². The second-order valence-electron chi connectivity index (χ2n) is 4.38. The molecule has 100 valence electrons. The van der Waals surface area contributed by atoms with Crippen LogP contribution in [0, 0.1) is 0 Å². The number of aromatic nitrogens is 1. The molecular weight excluding hydrogens is 272 g/mol. The number of fused-ring (bicyclic) bond motifs is 1. The van der Waals surface area contributed by atoms with Crippen molar-refractivity contribution >= 4 is 33.9 Å². The molecule has 20 heavy (non-hydrogen) atoms. The number of hydrogen-bond acceptors (Lipinski definition) is 3. The predicted molar refractivity (Wildman–Crippen MR) is 83.0 cm³/mol. The lowest BCUT2D eigenvalue weighted by molar-refractivity contribution is 0.414. The lowest BCUT2D eigenvalue weighted by Crippen LogP contribution is -1.94. The van der Waals surface area contributed by atoms with Crippen molar-refractivity contribution in [3.8, 4) is 5.75 Å². The molecule has 3 aromatic rings. The number of anilines is 2. The first-order valence-corrected chi connectivity index (χ1v) is 6.59. The van der Waals surface area contributed by atoms with Crippen molar-refractivity contribution in [2.75, 3.05) is 12.4 Å². The van der Waals surface area contributed by atoms with Gasteiger partial charge in [-0.3, -0.25) is 0 Å². The van der Waals surface area contributed by atoms with E-state index in [-0.39, 0.29) is 0 Å². The van der Waals surface area contributed by atoms with E-state index >= 15 is 0 Å². The molecule has 2 aromatic carbocycles. The molecule has 0 aliphatic rings. The Hall–Kier alpha value is -2.26. The van der Waals surface area contributed by atoms with Gasteiger partial charge in [0.15, 0.2) is 0 Å². The second-order valence-corrected chi connectivity index (χ2v) is 4.79. The maximum absolute atomic E-state index is 6.22. The van der Waals surface area contributed by atoms with Crippen LogP contribution in [0.2, 0.25) is 5.02 Å². The van der Waals surface area contributed by atoms with Crippen LogP contribution >= 0.6 is 11.6 Å². The number of halogens is 1. The summed E-state index contributed by atoms with van der Waals surface area (Å²) in [5, 5.41) is 6.12. The molecule has 0 aliphatic heterocycles. The second kappa shape index (κ2) is 5.39. The average molecular weight is 285 g/mol. The van der Waals surface area contributed by atoms with E-state index in [2.05, 4.69) is 10.3 Å². The fraction of sp³-hybridized carbons (Fsp3) is 0.0625. The van der Waals surface area contributed by atoms with Crippen LogP contribution in [0.4, 0.5) is 11.5 Å². The molecule has 0 saturated heterocycles. The highest BCUT2D eigenvalue weighted by Crippen LogP contribution is 2.27. The highest BCUT2D eigenvalue weighted by atomic mass is 35.5. The van der Waals surface area contributed by atoms with E-state index in [1.807, 2.05) is 48.5 Å². The Morgan fingerprint density at radius 3 is 2.85 bits per heavy atom. The molecule has 0 amide bonds. The first kappa shape index (κ1) is 12.8. The van der Waals surface area contributed by atoms with Crippen LogP contribution in [-0.2, 0) is 0 Å². The number of hydrogen-bond donors (Lipinski definition) is 1. The van der Waals surface area contributed by atoms with Gasteiger partial charge in [-0.1, -0.05) is 29.8 Å². The molecule has 1 heterocycles. The van der Waals surface area contributed by atoms with Crippen molar-refractivity contribution in [1.29, 1.82) is 0 Å². The van der Waals surface area contributed by atoms with E-state index in [1.54, 1.807) is 13.3 Å². The van der Waals surface area contributed by atoms with Gasteiger partial charge in [0.05, 0.1) is 7.11 Å². The molecule has 0 spiro atoms. The Morgan fingerprint density at radius 2 is 2.00 bits per heavy atom. The van der Waals surface area contributed by atoms with Crippen LogP contribution in [0.5, 0.6) is 5.75 Å². The van der Waals surface area contributed by atoms with Gasteiger partial charge in [0.25, 0.3) is 0 Å². The van der Waals surface area contributed by atoms with Crippen LogP contribution in [0.1, 0.15) is 0 Å². The van der Waals surface area contributed by atoms with E-state index in [1.165, 1.54) is 0 Å². The molecule has 3 rings (SSSR count). The zero-order chi connectivity index (χ0) is 13.9. The van der Waals surface area contributed by atoms with Crippen molar-refractivity contribution in [2.24, 2.45) is 0 Å². The number of nitrogens with zero attached hydrogens (tertiary/aromatic N) is 1. The number of nitrogens with one attached hydrogen (secondary N) is 1. The van der Waals surface area contributed by atoms with Gasteiger partial charge in [0, 0.05) is 28.4 Å². The van der Waals surface area contributed by atoms with Gasteiger partial charge < -0.3 is 10.1 Å². The smallest absolute Gasteiger partial charge is 0.133 e. The lowest BCUT2D eigenvalue weighted by Gasteiger charge is -2.08. The fourth-order valence-corrected chi connectivity index (χ4v) is 2.30. The van der Waals surface area contributed by atoms with E-state index in [9.17, 15) is 0 Å². The van der Waals surface area contributed by atoms with Gasteiger partial charge in [-0.25, -0.2) is 4.98 Å². The Bertz CT molecular complexity index is 758. The Balaban J connectivity index is 1.96. The molecule has 1 aromatic heterocycles. The standard InChI is InChI=1S/C16H13ClN2O/c1-20-13-7-8-18-16(10-13)19-12-6-5-11-3-2-4-15(17)14(11)9-12/h2-10H,1H3,(H,18,19). The molecule has 0 unspecified atom stereocenters. The van der Waals surface area contributed by atoms with Crippen molar-refractivity contribution in [3.63, 3.8) is 0 Å². The molecule has 0 fully saturated rings. The summed E-state index contributed by atoms with van der Waals surface area (Å²) >= 11 is 6.22. The molecule has 0 saturated carbocycles. The number of rotatable bonds is 3. The Labute approximate surface area is 122 Å². The summed E-state index contributed by atoms with van der Waals surface area (Å²) < 4.78 is 5.18. The number of methoxy groups -OCH3 is 1. The van der Waals surface area contributed by atoms with Gasteiger partial charge in [0.1, 0.15) is 11.6 Å². The van der Waals surface area contributed by atoms with Crippen molar-refractivity contribution < 1.29 is 4.74 Å². The van der Waals surface area contributed by atoms with E-state index in [4.69, 9.17) is 16.3 Å². The van der Waals surface area contributed by atoms with Crippen LogP contribution in [-0.4, -0.2) is 12.1 Å². The normalized spacial score (nSPS) is 10.5. The highest BCUT2D eigenvalue weighted by Gasteiger charge is 2.02. The minimum absolute atomic E-state index is 0.732. The molecule has 3 nitrogen and oxygen atoms in total. The molecular formula is C16H13ClN2O. The third-order valence-electron chi connectivity index (χ3n) is 3.07. The third kappa shape index (κ3) is 2.53. The summed E-state index contributed by atoms with van der Waals surface area (Å²) in [6.07, 6.45) is 1.70. The fourth-order valence-electron chi connectivity index (χ4n) is 2.07. The molecule has 0 aliphatic carbocycles.